The Hall–Kier alpha value is -2.86. The lowest BCUT2D eigenvalue weighted by molar-refractivity contribution is 0.0697. The number of hydrogen-bond acceptors (Lipinski definition) is 5. The number of anilines is 1. The van der Waals surface area contributed by atoms with Gasteiger partial charge in [0.25, 0.3) is 0 Å². The number of aromatic nitrogens is 1. The van der Waals surface area contributed by atoms with E-state index in [1.807, 2.05) is 18.2 Å². The predicted octanol–water partition coefficient (Wildman–Crippen LogP) is 4.16. The van der Waals surface area contributed by atoms with Gasteiger partial charge in [0.05, 0.1) is 5.56 Å². The fourth-order valence-corrected chi connectivity index (χ4v) is 2.77. The summed E-state index contributed by atoms with van der Waals surface area (Å²) in [5.74, 6) is -0.572. The quantitative estimate of drug-likeness (QED) is 0.500. The Bertz CT molecular complexity index is 888. The lowest BCUT2D eigenvalue weighted by atomic mass is 10.1. The summed E-state index contributed by atoms with van der Waals surface area (Å²) in [6.07, 6.45) is 4.03. The van der Waals surface area contributed by atoms with Crippen LogP contribution in [0.2, 0.25) is 0 Å². The Morgan fingerprint density at radius 2 is 1.92 bits per heavy atom. The van der Waals surface area contributed by atoms with E-state index in [4.69, 9.17) is 14.6 Å². The van der Waals surface area contributed by atoms with Crippen LogP contribution in [0.1, 0.15) is 36.0 Å². The summed E-state index contributed by atoms with van der Waals surface area (Å²) in [6, 6.07) is 12.3. The van der Waals surface area contributed by atoms with E-state index in [1.165, 1.54) is 6.07 Å². The van der Waals surface area contributed by atoms with E-state index < -0.39 is 5.97 Å². The van der Waals surface area contributed by atoms with Crippen LogP contribution < -0.4 is 5.32 Å². The first-order valence-electron chi connectivity index (χ1n) is 8.76. The second-order valence-corrected chi connectivity index (χ2v) is 6.15. The molecule has 136 valence electrons. The van der Waals surface area contributed by atoms with Gasteiger partial charge in [-0.25, -0.2) is 9.78 Å². The first-order chi connectivity index (χ1) is 12.7. The maximum absolute atomic E-state index is 11.1. The van der Waals surface area contributed by atoms with Crippen molar-refractivity contribution in [3.63, 3.8) is 0 Å². The molecule has 6 nitrogen and oxygen atoms in total. The number of carboxylic acid groups (broad SMARTS) is 1. The Balaban J connectivity index is 1.69. The third kappa shape index (κ3) is 4.40. The highest BCUT2D eigenvalue weighted by Crippen LogP contribution is 2.27. The molecule has 0 fully saturated rings. The van der Waals surface area contributed by atoms with Crippen LogP contribution in [0.15, 0.2) is 46.9 Å². The van der Waals surface area contributed by atoms with E-state index in [9.17, 15) is 4.79 Å². The van der Waals surface area contributed by atoms with Gasteiger partial charge in [0.1, 0.15) is 5.52 Å². The molecule has 0 saturated carbocycles. The topological polar surface area (TPSA) is 95.6 Å². The molecule has 0 aliphatic carbocycles. The summed E-state index contributed by atoms with van der Waals surface area (Å²) >= 11 is 0. The molecule has 0 unspecified atom stereocenters. The predicted molar refractivity (Wildman–Crippen MR) is 100 cm³/mol. The van der Waals surface area contributed by atoms with Crippen LogP contribution in [0.25, 0.3) is 22.6 Å². The molecule has 0 radical (unpaired) electrons. The van der Waals surface area contributed by atoms with E-state index in [-0.39, 0.29) is 12.2 Å². The normalized spacial score (nSPS) is 11.0. The highest BCUT2D eigenvalue weighted by Gasteiger charge is 2.11. The van der Waals surface area contributed by atoms with E-state index in [1.54, 1.807) is 18.2 Å². The van der Waals surface area contributed by atoms with Crippen LogP contribution in [0, 0.1) is 0 Å². The van der Waals surface area contributed by atoms with Crippen LogP contribution in [0.3, 0.4) is 0 Å². The van der Waals surface area contributed by atoms with Crippen molar-refractivity contribution in [1.29, 1.82) is 0 Å². The Kier molecular flexibility index (Phi) is 5.86. The minimum absolute atomic E-state index is 0.202. The van der Waals surface area contributed by atoms with Crippen molar-refractivity contribution in [1.82, 2.24) is 4.98 Å². The van der Waals surface area contributed by atoms with Gasteiger partial charge >= 0.3 is 5.97 Å². The third-order valence-corrected chi connectivity index (χ3v) is 4.16. The summed E-state index contributed by atoms with van der Waals surface area (Å²) in [4.78, 5) is 15.6. The third-order valence-electron chi connectivity index (χ3n) is 4.16. The average Bonchev–Trinajstić information content (AvgIpc) is 3.08. The number of aromatic carboxylic acids is 1. The molecule has 0 amide bonds. The standard InChI is InChI=1S/C20H22N2O4/c23-11-4-2-1-3-10-21-16-8-9-17-18(13-16)26-19(22-17)14-6-5-7-15(12-14)20(24)25/h5-9,12-13,21,23H,1-4,10-11H2,(H,24,25). The van der Waals surface area contributed by atoms with Gasteiger partial charge in [-0.05, 0) is 43.2 Å². The van der Waals surface area contributed by atoms with E-state index >= 15 is 0 Å². The molecule has 0 bridgehead atoms. The van der Waals surface area contributed by atoms with Gasteiger partial charge < -0.3 is 19.9 Å². The van der Waals surface area contributed by atoms with Crippen molar-refractivity contribution < 1.29 is 19.4 Å². The molecule has 3 N–H and O–H groups in total. The van der Waals surface area contributed by atoms with Crippen LogP contribution >= 0.6 is 0 Å². The van der Waals surface area contributed by atoms with Crippen LogP contribution in [-0.2, 0) is 0 Å². The number of rotatable bonds is 9. The number of oxazole rings is 1. The number of nitrogens with one attached hydrogen (secondary N) is 1. The monoisotopic (exact) mass is 354 g/mol. The fourth-order valence-electron chi connectivity index (χ4n) is 2.77. The minimum Gasteiger partial charge on any atom is -0.478 e. The minimum atomic E-state index is -0.978. The lowest BCUT2D eigenvalue weighted by Crippen LogP contribution is -2.01. The molecule has 6 heteroatoms. The van der Waals surface area contributed by atoms with Crippen molar-refractivity contribution in [2.45, 2.75) is 25.7 Å². The SMILES string of the molecule is O=C(O)c1cccc(-c2nc3ccc(NCCCCCCO)cc3o2)c1. The van der Waals surface area contributed by atoms with Crippen molar-refractivity contribution in [2.24, 2.45) is 0 Å². The molecule has 1 heterocycles. The molecule has 0 spiro atoms. The summed E-state index contributed by atoms with van der Waals surface area (Å²) in [5.41, 5.74) is 3.19. The van der Waals surface area contributed by atoms with Gasteiger partial charge in [0.15, 0.2) is 5.58 Å². The first-order valence-corrected chi connectivity index (χ1v) is 8.76. The number of aliphatic hydroxyl groups is 1. The summed E-state index contributed by atoms with van der Waals surface area (Å²) in [6.45, 7) is 1.12. The highest BCUT2D eigenvalue weighted by atomic mass is 16.4. The smallest absolute Gasteiger partial charge is 0.335 e. The van der Waals surface area contributed by atoms with E-state index in [0.29, 0.717) is 17.0 Å². The number of carboxylic acids is 1. The number of unbranched alkanes of at least 4 members (excludes halogenated alkanes) is 3. The second-order valence-electron chi connectivity index (χ2n) is 6.15. The van der Waals surface area contributed by atoms with Crippen molar-refractivity contribution in [3.05, 3.63) is 48.0 Å². The molecular formula is C20H22N2O4. The van der Waals surface area contributed by atoms with E-state index in [0.717, 1.165) is 43.4 Å². The maximum Gasteiger partial charge on any atom is 0.335 e. The summed E-state index contributed by atoms with van der Waals surface area (Å²) < 4.78 is 5.82. The Labute approximate surface area is 151 Å². The highest BCUT2D eigenvalue weighted by molar-refractivity contribution is 5.89. The molecule has 26 heavy (non-hydrogen) atoms. The van der Waals surface area contributed by atoms with Gasteiger partial charge in [0, 0.05) is 30.5 Å². The maximum atomic E-state index is 11.1. The molecule has 0 atom stereocenters. The largest absolute Gasteiger partial charge is 0.478 e. The average molecular weight is 354 g/mol. The van der Waals surface area contributed by atoms with Crippen molar-refractivity contribution in [2.75, 3.05) is 18.5 Å². The van der Waals surface area contributed by atoms with Gasteiger partial charge in [-0.1, -0.05) is 18.9 Å². The number of aliphatic hydroxyl groups excluding tert-OH is 1. The van der Waals surface area contributed by atoms with Gasteiger partial charge in [0.2, 0.25) is 5.89 Å². The number of fused-ring (bicyclic) bond motifs is 1. The molecule has 0 aliphatic heterocycles. The molecular weight excluding hydrogens is 332 g/mol. The summed E-state index contributed by atoms with van der Waals surface area (Å²) in [7, 11) is 0. The zero-order valence-corrected chi connectivity index (χ0v) is 14.4. The second kappa shape index (κ2) is 8.49. The summed E-state index contributed by atoms with van der Waals surface area (Å²) in [5, 5.41) is 21.2. The Morgan fingerprint density at radius 3 is 2.73 bits per heavy atom. The zero-order chi connectivity index (χ0) is 18.4. The van der Waals surface area contributed by atoms with Crippen LogP contribution in [0.4, 0.5) is 5.69 Å². The number of nitrogens with zero attached hydrogens (tertiary/aromatic N) is 1. The van der Waals surface area contributed by atoms with Gasteiger partial charge in [-0.15, -0.1) is 0 Å². The van der Waals surface area contributed by atoms with Crippen molar-refractivity contribution >= 4 is 22.8 Å². The fraction of sp³-hybridized carbons (Fsp3) is 0.300. The molecule has 0 saturated heterocycles. The molecule has 3 aromatic rings. The number of hydrogen-bond donors (Lipinski definition) is 3. The molecule has 2 aromatic carbocycles. The molecule has 0 aliphatic rings. The zero-order valence-electron chi connectivity index (χ0n) is 14.4. The number of carbonyl (C=O) groups is 1. The van der Waals surface area contributed by atoms with Crippen LogP contribution in [0.5, 0.6) is 0 Å². The molecule has 3 rings (SSSR count). The van der Waals surface area contributed by atoms with E-state index in [2.05, 4.69) is 10.3 Å². The van der Waals surface area contributed by atoms with Crippen molar-refractivity contribution in [3.8, 4) is 11.5 Å². The molecule has 1 aromatic heterocycles. The van der Waals surface area contributed by atoms with Gasteiger partial charge in [-0.2, -0.15) is 0 Å². The lowest BCUT2D eigenvalue weighted by Gasteiger charge is -2.05. The first kappa shape index (κ1) is 17.9. The number of benzene rings is 2. The van der Waals surface area contributed by atoms with Gasteiger partial charge in [-0.3, -0.25) is 0 Å². The van der Waals surface area contributed by atoms with Crippen LogP contribution in [-0.4, -0.2) is 34.3 Å². The Morgan fingerprint density at radius 1 is 1.08 bits per heavy atom.